The van der Waals surface area contributed by atoms with Crippen LogP contribution < -0.4 is 9.80 Å². The number of carbonyl (C=O) groups is 1. The minimum Gasteiger partial charge on any atom is -0.378 e. The first-order valence-electron chi connectivity index (χ1n) is 10.2. The van der Waals surface area contributed by atoms with Gasteiger partial charge in [-0.2, -0.15) is 0 Å². The fourth-order valence-corrected chi connectivity index (χ4v) is 3.93. The van der Waals surface area contributed by atoms with Gasteiger partial charge in [-0.3, -0.25) is 25.0 Å². The van der Waals surface area contributed by atoms with Crippen LogP contribution in [0.5, 0.6) is 0 Å². The summed E-state index contributed by atoms with van der Waals surface area (Å²) >= 11 is 0. The van der Waals surface area contributed by atoms with Crippen molar-refractivity contribution in [3.63, 3.8) is 0 Å². The first-order chi connectivity index (χ1) is 15.5. The van der Waals surface area contributed by atoms with E-state index in [2.05, 4.69) is 0 Å². The molecule has 0 spiro atoms. The van der Waals surface area contributed by atoms with Crippen LogP contribution in [0, 0.1) is 20.2 Å². The molecule has 2 fully saturated rings. The van der Waals surface area contributed by atoms with Crippen LogP contribution in [0.3, 0.4) is 0 Å². The maximum absolute atomic E-state index is 13.1. The number of morpholine rings is 2. The molecule has 11 nitrogen and oxygen atoms in total. The van der Waals surface area contributed by atoms with Crippen molar-refractivity contribution in [2.45, 2.75) is 0 Å². The van der Waals surface area contributed by atoms with Gasteiger partial charge < -0.3 is 19.3 Å². The van der Waals surface area contributed by atoms with Gasteiger partial charge in [-0.1, -0.05) is 0 Å². The first kappa shape index (κ1) is 21.7. The summed E-state index contributed by atoms with van der Waals surface area (Å²) in [5.74, 6) is -0.516. The van der Waals surface area contributed by atoms with E-state index in [0.717, 1.165) is 0 Å². The predicted molar refractivity (Wildman–Crippen MR) is 116 cm³/mol. The topological polar surface area (TPSA) is 128 Å². The van der Waals surface area contributed by atoms with Gasteiger partial charge in [-0.15, -0.1) is 0 Å². The summed E-state index contributed by atoms with van der Waals surface area (Å²) in [4.78, 5) is 39.0. The summed E-state index contributed by atoms with van der Waals surface area (Å²) in [6.07, 6.45) is 0. The minimum absolute atomic E-state index is 0.0992. The molecular formula is C21H22N4O7. The smallest absolute Gasteiger partial charge is 0.293 e. The minimum atomic E-state index is -0.522. The summed E-state index contributed by atoms with van der Waals surface area (Å²) in [5.41, 5.74) is 0.672. The van der Waals surface area contributed by atoms with Crippen molar-refractivity contribution in [1.82, 2.24) is 0 Å². The molecule has 0 N–H and O–H groups in total. The highest BCUT2D eigenvalue weighted by Gasteiger charge is 2.26. The third-order valence-corrected chi connectivity index (χ3v) is 5.57. The lowest BCUT2D eigenvalue weighted by atomic mass is 10.0. The van der Waals surface area contributed by atoms with E-state index in [1.54, 1.807) is 12.1 Å². The predicted octanol–water partition coefficient (Wildman–Crippen LogP) is 2.41. The summed E-state index contributed by atoms with van der Waals surface area (Å²) in [5, 5.41) is 23.3. The number of ether oxygens (including phenoxy) is 2. The Kier molecular flexibility index (Phi) is 6.28. The molecule has 0 aliphatic carbocycles. The third kappa shape index (κ3) is 4.39. The van der Waals surface area contributed by atoms with Gasteiger partial charge in [0.1, 0.15) is 11.4 Å². The highest BCUT2D eigenvalue weighted by atomic mass is 16.6. The highest BCUT2D eigenvalue weighted by Crippen LogP contribution is 2.33. The van der Waals surface area contributed by atoms with Crippen LogP contribution in [0.1, 0.15) is 15.9 Å². The Morgan fingerprint density at radius 2 is 1.09 bits per heavy atom. The van der Waals surface area contributed by atoms with E-state index in [4.69, 9.17) is 9.47 Å². The van der Waals surface area contributed by atoms with Crippen LogP contribution >= 0.6 is 0 Å². The number of hydrogen-bond donors (Lipinski definition) is 0. The maximum atomic E-state index is 13.1. The molecule has 2 aromatic carbocycles. The van der Waals surface area contributed by atoms with Gasteiger partial charge in [0, 0.05) is 49.4 Å². The van der Waals surface area contributed by atoms with E-state index in [-0.39, 0.29) is 22.5 Å². The van der Waals surface area contributed by atoms with E-state index < -0.39 is 15.6 Å². The number of nitrogens with zero attached hydrogens (tertiary/aromatic N) is 4. The number of ketones is 1. The van der Waals surface area contributed by atoms with Gasteiger partial charge in [0.05, 0.1) is 36.3 Å². The van der Waals surface area contributed by atoms with Crippen molar-refractivity contribution in [2.24, 2.45) is 0 Å². The Morgan fingerprint density at radius 3 is 1.44 bits per heavy atom. The van der Waals surface area contributed by atoms with Crippen molar-refractivity contribution in [3.8, 4) is 0 Å². The Hall–Kier alpha value is -3.57. The Bertz CT molecular complexity index is 965. The fourth-order valence-electron chi connectivity index (χ4n) is 3.93. The van der Waals surface area contributed by atoms with Gasteiger partial charge in [0.15, 0.2) is 5.78 Å². The van der Waals surface area contributed by atoms with E-state index in [1.165, 1.54) is 24.3 Å². The fraction of sp³-hybridized carbons (Fsp3) is 0.381. The standard InChI is InChI=1S/C21H22N4O7/c26-21(15-1-3-17(19(13-15)24(27)28)22-5-9-31-10-6-22)16-2-4-18(20(14-16)25(29)30)23-7-11-32-12-8-23/h1-4,13-14H,5-12H2. The molecule has 0 aromatic heterocycles. The molecule has 11 heteroatoms. The average Bonchev–Trinajstić information content (AvgIpc) is 2.84. The summed E-state index contributed by atoms with van der Waals surface area (Å²) < 4.78 is 10.6. The second-order valence-electron chi connectivity index (χ2n) is 7.45. The van der Waals surface area contributed by atoms with E-state index in [9.17, 15) is 25.0 Å². The molecule has 0 saturated carbocycles. The number of carbonyl (C=O) groups excluding carboxylic acids is 1. The van der Waals surface area contributed by atoms with Crippen LogP contribution in [-0.2, 0) is 9.47 Å². The molecule has 2 aliphatic rings. The second-order valence-corrected chi connectivity index (χ2v) is 7.45. The quantitative estimate of drug-likeness (QED) is 0.376. The molecule has 2 saturated heterocycles. The molecule has 0 atom stereocenters. The second kappa shape index (κ2) is 9.28. The normalized spacial score (nSPS) is 16.6. The molecule has 0 unspecified atom stereocenters. The molecule has 2 heterocycles. The number of nitro groups is 2. The monoisotopic (exact) mass is 442 g/mol. The number of hydrogen-bond acceptors (Lipinski definition) is 9. The Balaban J connectivity index is 1.66. The van der Waals surface area contributed by atoms with Crippen LogP contribution in [-0.4, -0.2) is 68.2 Å². The van der Waals surface area contributed by atoms with Crippen molar-refractivity contribution >= 4 is 28.5 Å². The molecular weight excluding hydrogens is 420 g/mol. The van der Waals surface area contributed by atoms with Crippen molar-refractivity contribution < 1.29 is 24.1 Å². The van der Waals surface area contributed by atoms with Crippen molar-refractivity contribution in [1.29, 1.82) is 0 Å². The summed E-state index contributed by atoms with van der Waals surface area (Å²) in [6.45, 7) is 3.95. The lowest BCUT2D eigenvalue weighted by Gasteiger charge is -2.28. The van der Waals surface area contributed by atoms with E-state index in [1.807, 2.05) is 9.80 Å². The first-order valence-corrected chi connectivity index (χ1v) is 10.2. The summed E-state index contributed by atoms with van der Waals surface area (Å²) in [6, 6.07) is 8.59. The maximum Gasteiger partial charge on any atom is 0.293 e. The number of anilines is 2. The van der Waals surface area contributed by atoms with Gasteiger partial charge in [0.2, 0.25) is 0 Å². The van der Waals surface area contributed by atoms with Crippen LogP contribution in [0.15, 0.2) is 36.4 Å². The molecule has 2 aliphatic heterocycles. The van der Waals surface area contributed by atoms with Gasteiger partial charge in [-0.05, 0) is 24.3 Å². The van der Waals surface area contributed by atoms with E-state index in [0.29, 0.717) is 64.0 Å². The molecule has 168 valence electrons. The van der Waals surface area contributed by atoms with Gasteiger partial charge in [-0.25, -0.2) is 0 Å². The zero-order chi connectivity index (χ0) is 22.7. The lowest BCUT2D eigenvalue weighted by molar-refractivity contribution is -0.384. The number of benzene rings is 2. The van der Waals surface area contributed by atoms with Gasteiger partial charge >= 0.3 is 0 Å². The lowest BCUT2D eigenvalue weighted by Crippen LogP contribution is -2.36. The average molecular weight is 442 g/mol. The molecule has 2 aromatic rings. The third-order valence-electron chi connectivity index (χ3n) is 5.57. The molecule has 32 heavy (non-hydrogen) atoms. The van der Waals surface area contributed by atoms with Crippen molar-refractivity contribution in [2.75, 3.05) is 62.4 Å². The molecule has 0 radical (unpaired) electrons. The van der Waals surface area contributed by atoms with Crippen LogP contribution in [0.25, 0.3) is 0 Å². The largest absolute Gasteiger partial charge is 0.378 e. The molecule has 0 amide bonds. The SMILES string of the molecule is O=C(c1ccc(N2CCOCC2)c([N+](=O)[O-])c1)c1ccc(N2CCOCC2)c([N+](=O)[O-])c1. The summed E-state index contributed by atoms with van der Waals surface area (Å²) in [7, 11) is 0. The zero-order valence-electron chi connectivity index (χ0n) is 17.3. The van der Waals surface area contributed by atoms with Crippen LogP contribution in [0.4, 0.5) is 22.7 Å². The Labute approximate surface area is 183 Å². The highest BCUT2D eigenvalue weighted by molar-refractivity contribution is 6.10. The molecule has 4 rings (SSSR count). The Morgan fingerprint density at radius 1 is 0.719 bits per heavy atom. The number of nitro benzene ring substituents is 2. The zero-order valence-corrected chi connectivity index (χ0v) is 17.3. The van der Waals surface area contributed by atoms with E-state index >= 15 is 0 Å². The van der Waals surface area contributed by atoms with Crippen molar-refractivity contribution in [3.05, 3.63) is 67.8 Å². The van der Waals surface area contributed by atoms with Gasteiger partial charge in [0.25, 0.3) is 11.4 Å². The number of rotatable bonds is 6. The van der Waals surface area contributed by atoms with Crippen LogP contribution in [0.2, 0.25) is 0 Å². The molecule has 0 bridgehead atoms.